The average molecular weight is 593 g/mol. The van der Waals surface area contributed by atoms with Crippen LogP contribution in [0.3, 0.4) is 0 Å². The smallest absolute Gasteiger partial charge is 0.335 e. The second-order valence-electron chi connectivity index (χ2n) is 9.48. The highest BCUT2D eigenvalue weighted by Crippen LogP contribution is 2.43. The number of rotatable bonds is 8. The molecule has 0 aliphatic carbocycles. The number of anilines is 2. The molecule has 3 heterocycles. The van der Waals surface area contributed by atoms with Crippen LogP contribution in [0.2, 0.25) is 0 Å². The molecule has 11 nitrogen and oxygen atoms in total. The van der Waals surface area contributed by atoms with Gasteiger partial charge in [0, 0.05) is 17.4 Å². The SMILES string of the molecule is Cc1cc(N2C(=S)N[C@H](c3ccccn3)[C@@H]2c2ccc(-c3cc(C(=O)O)cc(C(=O)O)c3)o2)ccc1NS(C)(=O)=O. The fourth-order valence-electron chi connectivity index (χ4n) is 4.72. The van der Waals surface area contributed by atoms with E-state index >= 15 is 0 Å². The number of aryl methyl sites for hydroxylation is 1. The van der Waals surface area contributed by atoms with E-state index in [4.69, 9.17) is 16.6 Å². The molecule has 2 aromatic carbocycles. The van der Waals surface area contributed by atoms with Gasteiger partial charge in [-0.2, -0.15) is 0 Å². The zero-order valence-corrected chi connectivity index (χ0v) is 23.4. The number of pyridine rings is 1. The molecule has 1 aliphatic heterocycles. The van der Waals surface area contributed by atoms with Crippen LogP contribution in [0.4, 0.5) is 11.4 Å². The van der Waals surface area contributed by atoms with Crippen molar-refractivity contribution in [3.63, 3.8) is 0 Å². The number of nitrogens with one attached hydrogen (secondary N) is 2. The number of thiocarbonyl (C=S) groups is 1. The maximum atomic E-state index is 11.8. The van der Waals surface area contributed by atoms with Gasteiger partial charge < -0.3 is 24.8 Å². The number of aromatic nitrogens is 1. The second kappa shape index (κ2) is 10.7. The third-order valence-corrected chi connectivity index (χ3v) is 7.42. The van der Waals surface area contributed by atoms with E-state index in [-0.39, 0.29) is 22.5 Å². The lowest BCUT2D eigenvalue weighted by molar-refractivity contribution is 0.0696. The van der Waals surface area contributed by atoms with Gasteiger partial charge in [-0.15, -0.1) is 0 Å². The molecule has 2 atom stereocenters. The topological polar surface area (TPSA) is 162 Å². The number of aromatic carboxylic acids is 2. The van der Waals surface area contributed by atoms with Crippen molar-refractivity contribution in [3.8, 4) is 11.3 Å². The van der Waals surface area contributed by atoms with E-state index in [1.165, 1.54) is 12.1 Å². The second-order valence-corrected chi connectivity index (χ2v) is 11.6. The van der Waals surface area contributed by atoms with E-state index in [0.29, 0.717) is 33.5 Å². The monoisotopic (exact) mass is 592 g/mol. The van der Waals surface area contributed by atoms with Gasteiger partial charge >= 0.3 is 11.9 Å². The zero-order valence-electron chi connectivity index (χ0n) is 21.7. The van der Waals surface area contributed by atoms with Crippen LogP contribution in [0.5, 0.6) is 0 Å². The van der Waals surface area contributed by atoms with Crippen LogP contribution >= 0.6 is 12.2 Å². The van der Waals surface area contributed by atoms with Crippen LogP contribution in [0.1, 0.15) is 49.8 Å². The van der Waals surface area contributed by atoms with E-state index in [2.05, 4.69) is 15.0 Å². The first-order chi connectivity index (χ1) is 19.4. The van der Waals surface area contributed by atoms with Gasteiger partial charge in [0.25, 0.3) is 0 Å². The Morgan fingerprint density at radius 3 is 2.32 bits per heavy atom. The molecular weight excluding hydrogens is 568 g/mol. The van der Waals surface area contributed by atoms with Crippen molar-refractivity contribution < 1.29 is 32.6 Å². The summed E-state index contributed by atoms with van der Waals surface area (Å²) >= 11 is 5.74. The fraction of sp³-hybridized carbons (Fsp3) is 0.143. The van der Waals surface area contributed by atoms with Crippen molar-refractivity contribution in [3.05, 3.63) is 101 Å². The molecule has 41 heavy (non-hydrogen) atoms. The summed E-state index contributed by atoms with van der Waals surface area (Å²) in [5.41, 5.74) is 2.37. The number of furan rings is 1. The summed E-state index contributed by atoms with van der Waals surface area (Å²) < 4.78 is 32.3. The Labute approximate surface area is 240 Å². The molecule has 0 radical (unpaired) electrons. The first kappa shape index (κ1) is 27.8. The van der Waals surface area contributed by atoms with Crippen LogP contribution in [-0.2, 0) is 10.0 Å². The van der Waals surface area contributed by atoms with Crippen molar-refractivity contribution in [1.82, 2.24) is 10.3 Å². The molecule has 0 amide bonds. The maximum absolute atomic E-state index is 11.8. The standard InChI is InChI=1S/C28H24N4O7S2/c1-15-11-19(6-7-20(15)31-41(2,37)38)32-25(24(30-28(32)40)21-5-3-4-10-29-21)23-9-8-22(39-23)16-12-17(26(33)34)14-18(13-16)27(35)36/h3-14,24-25,31H,1-2H3,(H,30,40)(H,33,34)(H,35,36)/t24-,25+/m1/s1. The Balaban J connectivity index is 1.60. The van der Waals surface area contributed by atoms with Crippen LogP contribution in [0.15, 0.2) is 77.3 Å². The molecule has 1 saturated heterocycles. The molecule has 1 fully saturated rings. The average Bonchev–Trinajstić information content (AvgIpc) is 3.54. The molecule has 0 spiro atoms. The Morgan fingerprint density at radius 1 is 1.02 bits per heavy atom. The molecule has 5 rings (SSSR count). The van der Waals surface area contributed by atoms with Gasteiger partial charge in [-0.25, -0.2) is 18.0 Å². The summed E-state index contributed by atoms with van der Waals surface area (Å²) in [5, 5.41) is 22.7. The Morgan fingerprint density at radius 2 is 1.73 bits per heavy atom. The molecule has 0 unspecified atom stereocenters. The fourth-order valence-corrected chi connectivity index (χ4v) is 5.69. The van der Waals surface area contributed by atoms with Crippen molar-refractivity contribution >= 4 is 50.7 Å². The minimum absolute atomic E-state index is 0.187. The summed E-state index contributed by atoms with van der Waals surface area (Å²) in [6, 6.07) is 16.8. The number of benzene rings is 2. The van der Waals surface area contributed by atoms with Gasteiger partial charge in [-0.3, -0.25) is 9.71 Å². The maximum Gasteiger partial charge on any atom is 0.335 e. The largest absolute Gasteiger partial charge is 0.478 e. The van der Waals surface area contributed by atoms with Crippen LogP contribution in [-0.4, -0.2) is 46.9 Å². The van der Waals surface area contributed by atoms with Crippen LogP contribution in [0.25, 0.3) is 11.3 Å². The van der Waals surface area contributed by atoms with Gasteiger partial charge in [-0.1, -0.05) is 6.07 Å². The minimum Gasteiger partial charge on any atom is -0.478 e. The summed E-state index contributed by atoms with van der Waals surface area (Å²) in [6.07, 6.45) is 2.74. The van der Waals surface area contributed by atoms with Crippen molar-refractivity contribution in [2.45, 2.75) is 19.0 Å². The minimum atomic E-state index is -3.48. The molecule has 0 saturated carbocycles. The van der Waals surface area contributed by atoms with Crippen molar-refractivity contribution in [1.29, 1.82) is 0 Å². The number of carbonyl (C=O) groups is 2. The number of nitrogens with zero attached hydrogens (tertiary/aromatic N) is 2. The van der Waals surface area contributed by atoms with Crippen LogP contribution < -0.4 is 14.9 Å². The first-order valence-electron chi connectivity index (χ1n) is 12.2. The number of carboxylic acid groups (broad SMARTS) is 2. The Kier molecular flexibility index (Phi) is 7.24. The van der Waals surface area contributed by atoms with Gasteiger partial charge in [0.1, 0.15) is 17.6 Å². The van der Waals surface area contributed by atoms with E-state index in [9.17, 15) is 28.2 Å². The highest BCUT2D eigenvalue weighted by Gasteiger charge is 2.42. The number of hydrogen-bond donors (Lipinski definition) is 4. The molecule has 2 aromatic heterocycles. The van der Waals surface area contributed by atoms with Gasteiger partial charge in [-0.05, 0) is 85.4 Å². The van der Waals surface area contributed by atoms with Gasteiger partial charge in [0.05, 0.1) is 34.8 Å². The lowest BCUT2D eigenvalue weighted by atomic mass is 10.0. The van der Waals surface area contributed by atoms with E-state index in [1.54, 1.807) is 49.5 Å². The third kappa shape index (κ3) is 5.76. The summed E-state index contributed by atoms with van der Waals surface area (Å²) in [5.74, 6) is -1.81. The lowest BCUT2D eigenvalue weighted by Crippen LogP contribution is -2.29. The van der Waals surface area contributed by atoms with Crippen molar-refractivity contribution in [2.75, 3.05) is 15.9 Å². The Hall–Kier alpha value is -4.75. The van der Waals surface area contributed by atoms with Gasteiger partial charge in [0.2, 0.25) is 10.0 Å². The first-order valence-corrected chi connectivity index (χ1v) is 14.5. The summed E-state index contributed by atoms with van der Waals surface area (Å²) in [6.45, 7) is 1.77. The molecular formula is C28H24N4O7S2. The highest BCUT2D eigenvalue weighted by atomic mass is 32.2. The summed E-state index contributed by atoms with van der Waals surface area (Å²) in [4.78, 5) is 29.6. The molecule has 4 N–H and O–H groups in total. The van der Waals surface area contributed by atoms with Gasteiger partial charge in [0.15, 0.2) is 5.11 Å². The lowest BCUT2D eigenvalue weighted by Gasteiger charge is -2.26. The van der Waals surface area contributed by atoms with Crippen molar-refractivity contribution in [2.24, 2.45) is 0 Å². The number of carboxylic acids is 2. The number of hydrogen-bond acceptors (Lipinski definition) is 7. The Bertz CT molecular complexity index is 1760. The van der Waals surface area contributed by atoms with E-state index < -0.39 is 34.0 Å². The molecule has 13 heteroatoms. The highest BCUT2D eigenvalue weighted by molar-refractivity contribution is 7.92. The quantitative estimate of drug-likeness (QED) is 0.212. The molecule has 4 aromatic rings. The third-order valence-electron chi connectivity index (χ3n) is 6.51. The predicted octanol–water partition coefficient (Wildman–Crippen LogP) is 4.60. The molecule has 0 bridgehead atoms. The number of sulfonamides is 1. The van der Waals surface area contributed by atoms with E-state index in [0.717, 1.165) is 12.3 Å². The normalized spacial score (nSPS) is 16.8. The zero-order chi connectivity index (χ0) is 29.5. The molecule has 210 valence electrons. The predicted molar refractivity (Wildman–Crippen MR) is 156 cm³/mol. The van der Waals surface area contributed by atoms with Crippen LogP contribution in [0, 0.1) is 6.92 Å². The molecule has 1 aliphatic rings. The van der Waals surface area contributed by atoms with E-state index in [1.807, 2.05) is 17.0 Å². The summed E-state index contributed by atoms with van der Waals surface area (Å²) in [7, 11) is -3.48.